The van der Waals surface area contributed by atoms with Crippen molar-refractivity contribution < 1.29 is 0 Å². The van der Waals surface area contributed by atoms with Crippen LogP contribution in [0.3, 0.4) is 0 Å². The zero-order valence-corrected chi connectivity index (χ0v) is 10.1. The monoisotopic (exact) mass is 279 g/mol. The summed E-state index contributed by atoms with van der Waals surface area (Å²) in [6, 6.07) is 0. The molecule has 0 radical (unpaired) electrons. The minimum atomic E-state index is 0.301. The third-order valence-electron chi connectivity index (χ3n) is 2.62. The molecule has 0 fully saturated rings. The number of aromatic nitrogens is 2. The third kappa shape index (κ3) is 1.41. The van der Waals surface area contributed by atoms with Gasteiger partial charge in [0.15, 0.2) is 0 Å². The highest BCUT2D eigenvalue weighted by Gasteiger charge is 2.26. The largest absolute Gasteiger partial charge is 0.368 e. The van der Waals surface area contributed by atoms with Crippen molar-refractivity contribution in [2.45, 2.75) is 6.42 Å². The Balaban J connectivity index is 2.20. The second-order valence-corrected chi connectivity index (χ2v) is 4.56. The number of hydrogen-bond acceptors (Lipinski definition) is 5. The molecule has 3 heterocycles. The summed E-state index contributed by atoms with van der Waals surface area (Å²) in [4.78, 5) is 14.8. The van der Waals surface area contributed by atoms with Crippen LogP contribution in [-0.4, -0.2) is 28.9 Å². The van der Waals surface area contributed by atoms with Gasteiger partial charge in [0.25, 0.3) is 0 Å². The SMILES string of the molecule is Nc1ncc2c(n1)N1CCCN=C1C(Br)=C2. The summed E-state index contributed by atoms with van der Waals surface area (Å²) >= 11 is 3.52. The standard InChI is InChI=1S/C10H10BrN5/c11-7-4-6-5-14-10(12)15-8(6)16-3-1-2-13-9(7)16/h4-5H,1-3H2,(H2,12,14,15). The first-order chi connectivity index (χ1) is 7.75. The molecule has 3 rings (SSSR count). The van der Waals surface area contributed by atoms with Crippen molar-refractivity contribution in [2.24, 2.45) is 4.99 Å². The van der Waals surface area contributed by atoms with Crippen LogP contribution in [0.15, 0.2) is 15.7 Å². The molecule has 16 heavy (non-hydrogen) atoms. The highest BCUT2D eigenvalue weighted by atomic mass is 79.9. The van der Waals surface area contributed by atoms with Crippen LogP contribution in [0.5, 0.6) is 0 Å². The minimum Gasteiger partial charge on any atom is -0.368 e. The van der Waals surface area contributed by atoms with Crippen LogP contribution in [0.4, 0.5) is 11.8 Å². The first-order valence-corrected chi connectivity index (χ1v) is 5.87. The van der Waals surface area contributed by atoms with E-state index in [2.05, 4.69) is 35.8 Å². The van der Waals surface area contributed by atoms with Gasteiger partial charge in [-0.25, -0.2) is 4.98 Å². The summed E-state index contributed by atoms with van der Waals surface area (Å²) < 4.78 is 0.980. The fourth-order valence-electron chi connectivity index (χ4n) is 1.93. The lowest BCUT2D eigenvalue weighted by Gasteiger charge is -2.32. The van der Waals surface area contributed by atoms with E-state index in [1.807, 2.05) is 6.08 Å². The Morgan fingerprint density at radius 3 is 3.19 bits per heavy atom. The zero-order chi connectivity index (χ0) is 11.1. The lowest BCUT2D eigenvalue weighted by molar-refractivity contribution is 0.782. The van der Waals surface area contributed by atoms with Gasteiger partial charge in [-0.2, -0.15) is 4.98 Å². The smallest absolute Gasteiger partial charge is 0.221 e. The molecule has 6 heteroatoms. The van der Waals surface area contributed by atoms with Gasteiger partial charge in [-0.3, -0.25) is 4.99 Å². The van der Waals surface area contributed by atoms with Crippen molar-refractivity contribution in [1.82, 2.24) is 9.97 Å². The minimum absolute atomic E-state index is 0.301. The van der Waals surface area contributed by atoms with Crippen molar-refractivity contribution in [3.8, 4) is 0 Å². The number of rotatable bonds is 0. The molecule has 82 valence electrons. The van der Waals surface area contributed by atoms with Gasteiger partial charge < -0.3 is 10.6 Å². The predicted octanol–water partition coefficient (Wildman–Crippen LogP) is 1.42. The summed E-state index contributed by atoms with van der Waals surface area (Å²) in [5, 5.41) is 0. The molecule has 1 aromatic rings. The molecule has 0 unspecified atom stereocenters. The average Bonchev–Trinajstić information content (AvgIpc) is 2.31. The molecule has 0 aliphatic carbocycles. The molecule has 0 saturated carbocycles. The molecule has 0 aromatic carbocycles. The Labute approximate surface area is 101 Å². The van der Waals surface area contributed by atoms with Crippen LogP contribution in [0.25, 0.3) is 6.08 Å². The maximum atomic E-state index is 5.62. The van der Waals surface area contributed by atoms with Gasteiger partial charge in [0, 0.05) is 24.8 Å². The topological polar surface area (TPSA) is 67.4 Å². The van der Waals surface area contributed by atoms with E-state index in [1.165, 1.54) is 0 Å². The van der Waals surface area contributed by atoms with E-state index in [1.54, 1.807) is 6.20 Å². The van der Waals surface area contributed by atoms with Crippen LogP contribution < -0.4 is 10.6 Å². The Kier molecular flexibility index (Phi) is 2.17. The molecule has 2 aliphatic heterocycles. The van der Waals surface area contributed by atoms with Crippen molar-refractivity contribution in [3.05, 3.63) is 16.2 Å². The fourth-order valence-corrected chi connectivity index (χ4v) is 2.52. The number of nitrogens with zero attached hydrogens (tertiary/aromatic N) is 4. The third-order valence-corrected chi connectivity index (χ3v) is 3.21. The van der Waals surface area contributed by atoms with Gasteiger partial charge in [-0.05, 0) is 28.4 Å². The van der Waals surface area contributed by atoms with Gasteiger partial charge in [-0.15, -0.1) is 0 Å². The molecular weight excluding hydrogens is 270 g/mol. The van der Waals surface area contributed by atoms with Crippen molar-refractivity contribution in [1.29, 1.82) is 0 Å². The fraction of sp³-hybridized carbons (Fsp3) is 0.300. The molecule has 0 atom stereocenters. The summed E-state index contributed by atoms with van der Waals surface area (Å²) in [6.45, 7) is 1.79. The lowest BCUT2D eigenvalue weighted by atomic mass is 10.1. The van der Waals surface area contributed by atoms with Crippen LogP contribution in [0, 0.1) is 0 Å². The highest BCUT2D eigenvalue weighted by molar-refractivity contribution is 9.12. The summed E-state index contributed by atoms with van der Waals surface area (Å²) in [6.07, 6.45) is 4.76. The molecular formula is C10H10BrN5. The number of anilines is 2. The Morgan fingerprint density at radius 1 is 1.44 bits per heavy atom. The molecule has 0 amide bonds. The van der Waals surface area contributed by atoms with Gasteiger partial charge >= 0.3 is 0 Å². The lowest BCUT2D eigenvalue weighted by Crippen LogP contribution is -2.38. The van der Waals surface area contributed by atoms with E-state index in [0.29, 0.717) is 5.95 Å². The van der Waals surface area contributed by atoms with Crippen molar-refractivity contribution in [2.75, 3.05) is 23.7 Å². The molecule has 0 saturated heterocycles. The summed E-state index contributed by atoms with van der Waals surface area (Å²) in [5.41, 5.74) is 6.59. The number of hydrogen-bond donors (Lipinski definition) is 1. The van der Waals surface area contributed by atoms with E-state index >= 15 is 0 Å². The Bertz CT molecular complexity index is 508. The molecule has 0 bridgehead atoms. The Morgan fingerprint density at radius 2 is 2.31 bits per heavy atom. The maximum Gasteiger partial charge on any atom is 0.221 e. The number of nitrogens with two attached hydrogens (primary N) is 1. The number of fused-ring (bicyclic) bond motifs is 3. The van der Waals surface area contributed by atoms with Gasteiger partial charge in [0.1, 0.15) is 11.7 Å². The van der Waals surface area contributed by atoms with Crippen LogP contribution in [0.1, 0.15) is 12.0 Å². The van der Waals surface area contributed by atoms with Gasteiger partial charge in [0.2, 0.25) is 5.95 Å². The van der Waals surface area contributed by atoms with Crippen LogP contribution >= 0.6 is 15.9 Å². The number of aliphatic imine (C=N–C) groups is 1. The highest BCUT2D eigenvalue weighted by Crippen LogP contribution is 2.32. The first kappa shape index (κ1) is 9.77. The van der Waals surface area contributed by atoms with Gasteiger partial charge in [-0.1, -0.05) is 0 Å². The van der Waals surface area contributed by atoms with Crippen molar-refractivity contribution in [3.63, 3.8) is 0 Å². The average molecular weight is 280 g/mol. The quantitative estimate of drug-likeness (QED) is 0.780. The summed E-state index contributed by atoms with van der Waals surface area (Å²) in [5.74, 6) is 2.10. The number of halogens is 1. The number of amidine groups is 1. The molecule has 1 aromatic heterocycles. The van der Waals surface area contributed by atoms with E-state index < -0.39 is 0 Å². The second kappa shape index (κ2) is 3.55. The van der Waals surface area contributed by atoms with E-state index in [0.717, 1.165) is 41.2 Å². The molecule has 2 aliphatic rings. The van der Waals surface area contributed by atoms with Crippen LogP contribution in [-0.2, 0) is 0 Å². The van der Waals surface area contributed by atoms with E-state index in [-0.39, 0.29) is 0 Å². The zero-order valence-electron chi connectivity index (χ0n) is 8.52. The molecule has 0 spiro atoms. The van der Waals surface area contributed by atoms with Crippen LogP contribution in [0.2, 0.25) is 0 Å². The predicted molar refractivity (Wildman–Crippen MR) is 67.6 cm³/mol. The molecule has 5 nitrogen and oxygen atoms in total. The summed E-state index contributed by atoms with van der Waals surface area (Å²) in [7, 11) is 0. The normalized spacial score (nSPS) is 18.4. The second-order valence-electron chi connectivity index (χ2n) is 3.71. The van der Waals surface area contributed by atoms with Crippen molar-refractivity contribution >= 4 is 39.6 Å². The van der Waals surface area contributed by atoms with E-state index in [4.69, 9.17) is 5.73 Å². The number of nitrogen functional groups attached to an aromatic ring is 1. The van der Waals surface area contributed by atoms with E-state index in [9.17, 15) is 0 Å². The molecule has 2 N–H and O–H groups in total. The Hall–Kier alpha value is -1.43. The maximum absolute atomic E-state index is 5.62. The van der Waals surface area contributed by atoms with Gasteiger partial charge in [0.05, 0.1) is 4.48 Å². The first-order valence-electron chi connectivity index (χ1n) is 5.08.